The summed E-state index contributed by atoms with van der Waals surface area (Å²) in [5.74, 6) is 1.02. The fraction of sp³-hybridized carbons (Fsp3) is 0.0938. The van der Waals surface area contributed by atoms with Gasteiger partial charge in [-0.25, -0.2) is 4.98 Å². The van der Waals surface area contributed by atoms with Gasteiger partial charge in [-0.15, -0.1) is 0 Å². The van der Waals surface area contributed by atoms with Gasteiger partial charge in [-0.1, -0.05) is 48.0 Å². The van der Waals surface area contributed by atoms with Gasteiger partial charge in [0.15, 0.2) is 11.5 Å². The van der Waals surface area contributed by atoms with Crippen LogP contribution >= 0.6 is 11.6 Å². The first kappa shape index (κ1) is 28.4. The van der Waals surface area contributed by atoms with Crippen LogP contribution in [-0.2, 0) is 6.61 Å². The SMILES string of the molecule is COc1cc(C=Nn2c(-c3cc4c(OC)cccc4o3)nc3ccccc3c2=O)cc([N+](=O)[O-])c1OCc1ccccc1Cl. The molecular formula is C32H23ClN4O7. The van der Waals surface area contributed by atoms with Crippen LogP contribution in [-0.4, -0.2) is 35.0 Å². The number of hydrogen-bond acceptors (Lipinski definition) is 9. The van der Waals surface area contributed by atoms with E-state index in [2.05, 4.69) is 10.1 Å². The first-order valence-electron chi connectivity index (χ1n) is 13.2. The number of rotatable bonds is 9. The molecule has 0 saturated carbocycles. The van der Waals surface area contributed by atoms with E-state index in [4.69, 9.17) is 30.2 Å². The first-order chi connectivity index (χ1) is 21.4. The zero-order chi connectivity index (χ0) is 30.8. The van der Waals surface area contributed by atoms with Crippen LogP contribution in [0.5, 0.6) is 17.2 Å². The van der Waals surface area contributed by atoms with Gasteiger partial charge in [0.25, 0.3) is 5.56 Å². The molecule has 2 heterocycles. The Morgan fingerprint density at radius 2 is 1.75 bits per heavy atom. The highest BCUT2D eigenvalue weighted by molar-refractivity contribution is 6.31. The van der Waals surface area contributed by atoms with Crippen molar-refractivity contribution in [1.82, 2.24) is 9.66 Å². The van der Waals surface area contributed by atoms with Crippen molar-refractivity contribution in [2.75, 3.05) is 14.2 Å². The molecule has 0 spiro atoms. The quantitative estimate of drug-likeness (QED) is 0.0986. The van der Waals surface area contributed by atoms with Crippen molar-refractivity contribution >= 4 is 45.4 Å². The van der Waals surface area contributed by atoms with Crippen LogP contribution in [0.25, 0.3) is 33.5 Å². The Labute approximate surface area is 254 Å². The van der Waals surface area contributed by atoms with E-state index in [1.54, 1.807) is 79.9 Å². The van der Waals surface area contributed by atoms with Crippen LogP contribution in [0, 0.1) is 10.1 Å². The van der Waals surface area contributed by atoms with Crippen LogP contribution in [0.1, 0.15) is 11.1 Å². The molecule has 0 radical (unpaired) electrons. The summed E-state index contributed by atoms with van der Waals surface area (Å²) in [4.78, 5) is 29.8. The molecule has 11 nitrogen and oxygen atoms in total. The Balaban J connectivity index is 1.45. The predicted octanol–water partition coefficient (Wildman–Crippen LogP) is 6.85. The third-order valence-electron chi connectivity index (χ3n) is 6.84. The van der Waals surface area contributed by atoms with Crippen LogP contribution < -0.4 is 19.8 Å². The summed E-state index contributed by atoms with van der Waals surface area (Å²) in [6.07, 6.45) is 1.30. The summed E-state index contributed by atoms with van der Waals surface area (Å²) in [5.41, 5.74) is 1.08. The standard InChI is InChI=1S/C32H23ClN4O7/c1-41-26-12-7-13-27-22(26)16-29(44-27)31-35-24-11-6-4-9-21(24)32(38)36(31)34-17-19-14-25(37(39)40)30(28(15-19)42-2)43-18-20-8-3-5-10-23(20)33/h3-17H,18H2,1-2H3. The number of para-hydroxylation sites is 1. The molecule has 6 rings (SSSR count). The summed E-state index contributed by atoms with van der Waals surface area (Å²) in [5, 5.41) is 18.0. The summed E-state index contributed by atoms with van der Waals surface area (Å²) < 4.78 is 23.9. The van der Waals surface area contributed by atoms with Crippen LogP contribution in [0.3, 0.4) is 0 Å². The molecule has 0 saturated heterocycles. The molecule has 2 aromatic heterocycles. The third-order valence-corrected chi connectivity index (χ3v) is 7.21. The van der Waals surface area contributed by atoms with Crippen molar-refractivity contribution in [3.05, 3.63) is 122 Å². The van der Waals surface area contributed by atoms with Crippen molar-refractivity contribution in [2.45, 2.75) is 6.61 Å². The monoisotopic (exact) mass is 610 g/mol. The first-order valence-corrected chi connectivity index (χ1v) is 13.6. The predicted molar refractivity (Wildman–Crippen MR) is 166 cm³/mol. The van der Waals surface area contributed by atoms with E-state index >= 15 is 0 Å². The Morgan fingerprint density at radius 3 is 2.52 bits per heavy atom. The van der Waals surface area contributed by atoms with Gasteiger partial charge in [0, 0.05) is 22.2 Å². The number of aromatic nitrogens is 2. The lowest BCUT2D eigenvalue weighted by atomic mass is 10.1. The fourth-order valence-corrected chi connectivity index (χ4v) is 4.91. The second kappa shape index (κ2) is 11.9. The Kier molecular flexibility index (Phi) is 7.69. The van der Waals surface area contributed by atoms with Gasteiger partial charge in [0.05, 0.1) is 41.6 Å². The molecule has 0 fully saturated rings. The molecule has 0 aliphatic carbocycles. The number of nitro groups is 1. The summed E-state index contributed by atoms with van der Waals surface area (Å²) in [6.45, 7) is -0.0197. The molecule has 12 heteroatoms. The number of nitrogens with zero attached hydrogens (tertiary/aromatic N) is 4. The molecule has 0 aliphatic rings. The lowest BCUT2D eigenvalue weighted by molar-refractivity contribution is -0.386. The van der Waals surface area contributed by atoms with Gasteiger partial charge in [-0.3, -0.25) is 14.9 Å². The van der Waals surface area contributed by atoms with E-state index in [-0.39, 0.29) is 40.9 Å². The number of furan rings is 1. The zero-order valence-electron chi connectivity index (χ0n) is 23.4. The average Bonchev–Trinajstić information content (AvgIpc) is 3.48. The lowest BCUT2D eigenvalue weighted by Crippen LogP contribution is -2.20. The molecule has 0 atom stereocenters. The molecule has 4 aromatic carbocycles. The third kappa shape index (κ3) is 5.32. The number of fused-ring (bicyclic) bond motifs is 2. The Bertz CT molecular complexity index is 2140. The second-order valence-electron chi connectivity index (χ2n) is 9.51. The normalized spacial score (nSPS) is 11.3. The van der Waals surface area contributed by atoms with Gasteiger partial charge in [-0.05, 0) is 42.5 Å². The summed E-state index contributed by atoms with van der Waals surface area (Å²) >= 11 is 6.23. The minimum atomic E-state index is -0.585. The average molecular weight is 611 g/mol. The Morgan fingerprint density at radius 1 is 0.977 bits per heavy atom. The van der Waals surface area contributed by atoms with Crippen molar-refractivity contribution in [3.8, 4) is 28.8 Å². The van der Waals surface area contributed by atoms with Crippen molar-refractivity contribution in [1.29, 1.82) is 0 Å². The molecule has 0 aliphatic heterocycles. The van der Waals surface area contributed by atoms with Crippen molar-refractivity contribution in [2.24, 2.45) is 5.10 Å². The molecule has 44 heavy (non-hydrogen) atoms. The second-order valence-corrected chi connectivity index (χ2v) is 9.91. The largest absolute Gasteiger partial charge is 0.496 e. The van der Waals surface area contributed by atoms with Crippen LogP contribution in [0.15, 0.2) is 99.2 Å². The van der Waals surface area contributed by atoms with Crippen molar-refractivity contribution < 1.29 is 23.6 Å². The number of methoxy groups -OCH3 is 2. The molecule has 0 unspecified atom stereocenters. The summed E-state index contributed by atoms with van der Waals surface area (Å²) in [7, 11) is 2.92. The van der Waals surface area contributed by atoms with Crippen molar-refractivity contribution in [3.63, 3.8) is 0 Å². The van der Waals surface area contributed by atoms with E-state index in [0.29, 0.717) is 38.2 Å². The lowest BCUT2D eigenvalue weighted by Gasteiger charge is -2.13. The topological polar surface area (TPSA) is 131 Å². The van der Waals surface area contributed by atoms with Gasteiger partial charge >= 0.3 is 5.69 Å². The molecule has 0 bridgehead atoms. The van der Waals surface area contributed by atoms with Gasteiger partial charge in [-0.2, -0.15) is 9.78 Å². The van der Waals surface area contributed by atoms with Gasteiger partial charge in [0.2, 0.25) is 11.6 Å². The molecule has 0 N–H and O–H groups in total. The van der Waals surface area contributed by atoms with E-state index in [9.17, 15) is 14.9 Å². The van der Waals surface area contributed by atoms with E-state index in [0.717, 1.165) is 4.68 Å². The highest BCUT2D eigenvalue weighted by Gasteiger charge is 2.23. The maximum atomic E-state index is 13.7. The zero-order valence-corrected chi connectivity index (χ0v) is 24.1. The van der Waals surface area contributed by atoms with E-state index in [1.165, 1.54) is 25.5 Å². The smallest absolute Gasteiger partial charge is 0.315 e. The minimum Gasteiger partial charge on any atom is -0.496 e. The maximum absolute atomic E-state index is 13.7. The number of ether oxygens (including phenoxy) is 3. The number of hydrogen-bond donors (Lipinski definition) is 0. The van der Waals surface area contributed by atoms with E-state index in [1.807, 2.05) is 0 Å². The maximum Gasteiger partial charge on any atom is 0.315 e. The number of nitro benzene ring substituents is 1. The molecule has 220 valence electrons. The fourth-order valence-electron chi connectivity index (χ4n) is 4.72. The van der Waals surface area contributed by atoms with Gasteiger partial charge < -0.3 is 18.6 Å². The number of benzene rings is 4. The molecular weight excluding hydrogens is 588 g/mol. The van der Waals surface area contributed by atoms with E-state index < -0.39 is 10.5 Å². The molecule has 6 aromatic rings. The Hall–Kier alpha value is -5.68. The van der Waals surface area contributed by atoms with Gasteiger partial charge in [0.1, 0.15) is 17.9 Å². The highest BCUT2D eigenvalue weighted by atomic mass is 35.5. The van der Waals surface area contributed by atoms with Crippen LogP contribution in [0.2, 0.25) is 5.02 Å². The number of halogens is 1. The van der Waals surface area contributed by atoms with Crippen LogP contribution in [0.4, 0.5) is 5.69 Å². The molecule has 0 amide bonds. The summed E-state index contributed by atoms with van der Waals surface area (Å²) in [6, 6.07) is 23.7. The highest BCUT2D eigenvalue weighted by Crippen LogP contribution is 2.39. The minimum absolute atomic E-state index is 0.0197.